The maximum absolute atomic E-state index is 13.2. The van der Waals surface area contributed by atoms with Crippen molar-refractivity contribution in [2.45, 2.75) is 52.2 Å². The standard InChI is InChI=1S/C22H25Cl2FN2O2/c1-4-20(22(29)26-14(2)3)27(13-16-7-8-17(23)12-19(16)24)21(28)11-15-5-9-18(25)10-6-15/h5-10,12,14,20H,4,11,13H2,1-3H3,(H,26,29). The second-order valence-corrected chi connectivity index (χ2v) is 7.99. The van der Waals surface area contributed by atoms with E-state index in [2.05, 4.69) is 5.32 Å². The SMILES string of the molecule is CCC(C(=O)NC(C)C)N(Cc1ccc(Cl)cc1Cl)C(=O)Cc1ccc(F)cc1. The number of hydrogen-bond donors (Lipinski definition) is 1. The van der Waals surface area contributed by atoms with E-state index in [0.29, 0.717) is 27.6 Å². The molecule has 0 bridgehead atoms. The molecule has 0 saturated carbocycles. The molecule has 1 atom stereocenters. The van der Waals surface area contributed by atoms with Crippen LogP contribution in [0, 0.1) is 5.82 Å². The molecule has 29 heavy (non-hydrogen) atoms. The van der Waals surface area contributed by atoms with E-state index >= 15 is 0 Å². The van der Waals surface area contributed by atoms with Gasteiger partial charge in [0.1, 0.15) is 11.9 Å². The summed E-state index contributed by atoms with van der Waals surface area (Å²) in [7, 11) is 0. The van der Waals surface area contributed by atoms with Crippen LogP contribution in [0.1, 0.15) is 38.3 Å². The van der Waals surface area contributed by atoms with Crippen molar-refractivity contribution in [3.8, 4) is 0 Å². The van der Waals surface area contributed by atoms with Gasteiger partial charge in [-0.05, 0) is 55.7 Å². The highest BCUT2D eigenvalue weighted by Crippen LogP contribution is 2.24. The normalized spacial score (nSPS) is 12.0. The van der Waals surface area contributed by atoms with Crippen molar-refractivity contribution >= 4 is 35.0 Å². The summed E-state index contributed by atoms with van der Waals surface area (Å²) >= 11 is 12.3. The predicted molar refractivity (Wildman–Crippen MR) is 114 cm³/mol. The van der Waals surface area contributed by atoms with Gasteiger partial charge >= 0.3 is 0 Å². The largest absolute Gasteiger partial charge is 0.352 e. The minimum absolute atomic E-state index is 0.0512. The fraction of sp³-hybridized carbons (Fsp3) is 0.364. The van der Waals surface area contributed by atoms with Gasteiger partial charge < -0.3 is 10.2 Å². The third-order valence-electron chi connectivity index (χ3n) is 4.44. The molecule has 0 radical (unpaired) electrons. The molecule has 2 amide bonds. The number of hydrogen-bond acceptors (Lipinski definition) is 2. The molecule has 0 aliphatic heterocycles. The van der Waals surface area contributed by atoms with E-state index in [1.807, 2.05) is 20.8 Å². The van der Waals surface area contributed by atoms with Crippen LogP contribution in [0.3, 0.4) is 0 Å². The van der Waals surface area contributed by atoms with Crippen LogP contribution in [0.2, 0.25) is 10.0 Å². The lowest BCUT2D eigenvalue weighted by Gasteiger charge is -2.31. The van der Waals surface area contributed by atoms with Crippen LogP contribution >= 0.6 is 23.2 Å². The van der Waals surface area contributed by atoms with E-state index in [4.69, 9.17) is 23.2 Å². The van der Waals surface area contributed by atoms with Crippen molar-refractivity contribution in [1.82, 2.24) is 10.2 Å². The lowest BCUT2D eigenvalue weighted by molar-refractivity contribution is -0.141. The maximum atomic E-state index is 13.2. The summed E-state index contributed by atoms with van der Waals surface area (Å²) in [5.74, 6) is -0.831. The topological polar surface area (TPSA) is 49.4 Å². The molecule has 156 valence electrons. The Labute approximate surface area is 181 Å². The molecule has 0 spiro atoms. The zero-order valence-electron chi connectivity index (χ0n) is 16.7. The van der Waals surface area contributed by atoms with Gasteiger partial charge in [-0.25, -0.2) is 4.39 Å². The Morgan fingerprint density at radius 2 is 1.76 bits per heavy atom. The van der Waals surface area contributed by atoms with Gasteiger partial charge in [-0.15, -0.1) is 0 Å². The molecule has 1 N–H and O–H groups in total. The van der Waals surface area contributed by atoms with Crippen LogP contribution < -0.4 is 5.32 Å². The molecule has 2 aromatic carbocycles. The third-order valence-corrected chi connectivity index (χ3v) is 5.03. The van der Waals surface area contributed by atoms with Gasteiger partial charge in [0, 0.05) is 22.6 Å². The number of carbonyl (C=O) groups excluding carboxylic acids is 2. The van der Waals surface area contributed by atoms with Gasteiger partial charge in [0.2, 0.25) is 11.8 Å². The van der Waals surface area contributed by atoms with Crippen molar-refractivity contribution < 1.29 is 14.0 Å². The molecule has 2 rings (SSSR count). The van der Waals surface area contributed by atoms with Crippen LogP contribution in [-0.4, -0.2) is 28.8 Å². The highest BCUT2D eigenvalue weighted by atomic mass is 35.5. The molecule has 2 aromatic rings. The number of nitrogens with zero attached hydrogens (tertiary/aromatic N) is 1. The predicted octanol–water partition coefficient (Wildman–Crippen LogP) is 5.01. The van der Waals surface area contributed by atoms with E-state index in [0.717, 1.165) is 0 Å². The summed E-state index contributed by atoms with van der Waals surface area (Å²) in [6.45, 7) is 5.75. The van der Waals surface area contributed by atoms with Crippen molar-refractivity contribution in [2.24, 2.45) is 0 Å². The van der Waals surface area contributed by atoms with E-state index in [-0.39, 0.29) is 36.6 Å². The van der Waals surface area contributed by atoms with Crippen LogP contribution in [0.4, 0.5) is 4.39 Å². The first-order valence-corrected chi connectivity index (χ1v) is 10.2. The molecule has 0 heterocycles. The van der Waals surface area contributed by atoms with Crippen LogP contribution in [0.5, 0.6) is 0 Å². The molecule has 7 heteroatoms. The Bertz CT molecular complexity index is 856. The smallest absolute Gasteiger partial charge is 0.243 e. The molecule has 0 aromatic heterocycles. The zero-order chi connectivity index (χ0) is 21.6. The molecule has 1 unspecified atom stereocenters. The molecule has 0 fully saturated rings. The second-order valence-electron chi connectivity index (χ2n) is 7.15. The lowest BCUT2D eigenvalue weighted by Crippen LogP contribution is -2.50. The quantitative estimate of drug-likeness (QED) is 0.629. The van der Waals surface area contributed by atoms with Gasteiger partial charge in [0.25, 0.3) is 0 Å². The van der Waals surface area contributed by atoms with Crippen LogP contribution in [0.25, 0.3) is 0 Å². The third kappa shape index (κ3) is 6.72. The van der Waals surface area contributed by atoms with E-state index in [9.17, 15) is 14.0 Å². The van der Waals surface area contributed by atoms with Gasteiger partial charge in [0.05, 0.1) is 6.42 Å². The first-order valence-electron chi connectivity index (χ1n) is 9.49. The summed E-state index contributed by atoms with van der Waals surface area (Å²) in [6, 6.07) is 10.1. The number of rotatable bonds is 8. The van der Waals surface area contributed by atoms with Crippen molar-refractivity contribution in [2.75, 3.05) is 0 Å². The summed E-state index contributed by atoms with van der Waals surface area (Å²) < 4.78 is 13.2. The number of carbonyl (C=O) groups is 2. The Morgan fingerprint density at radius 1 is 1.10 bits per heavy atom. The molecule has 0 aliphatic carbocycles. The van der Waals surface area contributed by atoms with Gasteiger partial charge in [0.15, 0.2) is 0 Å². The maximum Gasteiger partial charge on any atom is 0.243 e. The summed E-state index contributed by atoms with van der Waals surface area (Å²) in [5.41, 5.74) is 1.36. The molecular weight excluding hydrogens is 414 g/mol. The van der Waals surface area contributed by atoms with E-state index in [1.165, 1.54) is 17.0 Å². The monoisotopic (exact) mass is 438 g/mol. The Balaban J connectivity index is 2.33. The lowest BCUT2D eigenvalue weighted by atomic mass is 10.1. The van der Waals surface area contributed by atoms with Crippen LogP contribution in [-0.2, 0) is 22.6 Å². The average molecular weight is 439 g/mol. The number of halogens is 3. The van der Waals surface area contributed by atoms with Crippen molar-refractivity contribution in [3.63, 3.8) is 0 Å². The first-order chi connectivity index (χ1) is 13.7. The fourth-order valence-corrected chi connectivity index (χ4v) is 3.48. The minimum atomic E-state index is -0.655. The molecule has 4 nitrogen and oxygen atoms in total. The molecular formula is C22H25Cl2FN2O2. The summed E-state index contributed by atoms with van der Waals surface area (Å²) in [4.78, 5) is 27.4. The summed E-state index contributed by atoms with van der Waals surface area (Å²) in [6.07, 6.45) is 0.496. The molecule has 0 saturated heterocycles. The van der Waals surface area contributed by atoms with E-state index < -0.39 is 6.04 Å². The number of benzene rings is 2. The zero-order valence-corrected chi connectivity index (χ0v) is 18.2. The van der Waals surface area contributed by atoms with Crippen molar-refractivity contribution in [3.05, 3.63) is 69.5 Å². The van der Waals surface area contributed by atoms with Gasteiger partial charge in [-0.1, -0.05) is 48.3 Å². The summed E-state index contributed by atoms with van der Waals surface area (Å²) in [5, 5.41) is 3.79. The number of amides is 2. The van der Waals surface area contributed by atoms with Crippen molar-refractivity contribution in [1.29, 1.82) is 0 Å². The fourth-order valence-electron chi connectivity index (χ4n) is 3.01. The number of nitrogens with one attached hydrogen (secondary N) is 1. The Hall–Kier alpha value is -2.11. The minimum Gasteiger partial charge on any atom is -0.352 e. The van der Waals surface area contributed by atoms with E-state index in [1.54, 1.807) is 30.3 Å². The van der Waals surface area contributed by atoms with Crippen LogP contribution in [0.15, 0.2) is 42.5 Å². The Morgan fingerprint density at radius 3 is 2.31 bits per heavy atom. The van der Waals surface area contributed by atoms with Gasteiger partial charge in [-0.3, -0.25) is 9.59 Å². The highest BCUT2D eigenvalue weighted by molar-refractivity contribution is 6.35. The average Bonchev–Trinajstić information content (AvgIpc) is 2.64. The second kappa shape index (κ2) is 10.6. The highest BCUT2D eigenvalue weighted by Gasteiger charge is 2.29. The van der Waals surface area contributed by atoms with Gasteiger partial charge in [-0.2, -0.15) is 0 Å². The Kier molecular flexibility index (Phi) is 8.47. The first kappa shape index (κ1) is 23.2. The molecule has 0 aliphatic rings.